The molecule has 0 unspecified atom stereocenters. The van der Waals surface area contributed by atoms with Crippen molar-refractivity contribution in [3.63, 3.8) is 0 Å². The number of nitrogens with zero attached hydrogens (tertiary/aromatic N) is 12. The molecule has 13 atom stereocenters. The van der Waals surface area contributed by atoms with Crippen molar-refractivity contribution >= 4 is 61.9 Å². The number of benzene rings is 2. The number of piperazine rings is 1. The van der Waals surface area contributed by atoms with E-state index >= 15 is 0 Å². The average molecular weight is 1360 g/mol. The Balaban J connectivity index is 0.633. The van der Waals surface area contributed by atoms with E-state index in [-0.39, 0.29) is 75.5 Å². The van der Waals surface area contributed by atoms with E-state index in [9.17, 15) is 60.0 Å². The molecule has 9 N–H and O–H groups in total. The first-order valence-electron chi connectivity index (χ1n) is 31.3. The number of aliphatic hydroxyl groups excluding tert-OH is 8. The Labute approximate surface area is 555 Å². The fraction of sp³-hybridized carbons (Fsp3) is 0.581. The van der Waals surface area contributed by atoms with Crippen LogP contribution in [-0.4, -0.2) is 258 Å². The zero-order chi connectivity index (χ0) is 67.7. The molecular formula is C62H83N13O18S2. The summed E-state index contributed by atoms with van der Waals surface area (Å²) < 4.78 is 38.0. The van der Waals surface area contributed by atoms with Gasteiger partial charge in [0, 0.05) is 65.3 Å². The molecule has 3 aromatic heterocycles. The van der Waals surface area contributed by atoms with Crippen molar-refractivity contribution < 1.29 is 88.5 Å². The first kappa shape index (κ1) is 71.0. The Bertz CT molecular complexity index is 3410. The Morgan fingerprint density at radius 1 is 0.758 bits per heavy atom. The van der Waals surface area contributed by atoms with Crippen LogP contribution in [0.1, 0.15) is 83.4 Å². The molecule has 0 spiro atoms. The number of rotatable bonds is 30. The minimum Gasteiger partial charge on any atom is -0.449 e. The highest BCUT2D eigenvalue weighted by Crippen LogP contribution is 2.49. The number of anilines is 1. The largest absolute Gasteiger partial charge is 0.449 e. The lowest BCUT2D eigenvalue weighted by atomic mass is 9.61. The van der Waals surface area contributed by atoms with E-state index in [1.165, 1.54) is 38.9 Å². The molecule has 0 bridgehead atoms. The van der Waals surface area contributed by atoms with E-state index in [1.807, 2.05) is 18.2 Å². The van der Waals surface area contributed by atoms with E-state index in [4.69, 9.17) is 28.4 Å². The third kappa shape index (κ3) is 16.4. The highest BCUT2D eigenvalue weighted by molar-refractivity contribution is 8.76. The minimum atomic E-state index is -1.63. The molecule has 1 aliphatic carbocycles. The molecule has 2 aromatic carbocycles. The smallest absolute Gasteiger partial charge is 0.409 e. The molecule has 5 aromatic rings. The summed E-state index contributed by atoms with van der Waals surface area (Å²) >= 11 is 0. The van der Waals surface area contributed by atoms with Crippen molar-refractivity contribution in [3.8, 4) is 0 Å². The minimum absolute atomic E-state index is 0.00390. The molecular weight excluding hydrogens is 1280 g/mol. The van der Waals surface area contributed by atoms with E-state index < -0.39 is 104 Å². The Morgan fingerprint density at radius 3 is 1.94 bits per heavy atom. The third-order valence-corrected chi connectivity index (χ3v) is 20.3. The second-order valence-corrected chi connectivity index (χ2v) is 27.3. The average Bonchev–Trinajstić information content (AvgIpc) is 1.34. The van der Waals surface area contributed by atoms with Gasteiger partial charge < -0.3 is 84.4 Å². The van der Waals surface area contributed by atoms with E-state index in [0.29, 0.717) is 72.4 Å². The van der Waals surface area contributed by atoms with Crippen LogP contribution in [0, 0.1) is 17.3 Å². The zero-order valence-electron chi connectivity index (χ0n) is 52.8. The number of carbonyl (C=O) groups is 4. The van der Waals surface area contributed by atoms with Crippen molar-refractivity contribution in [3.05, 3.63) is 114 Å². The van der Waals surface area contributed by atoms with Gasteiger partial charge in [0.25, 0.3) is 11.8 Å². The summed E-state index contributed by atoms with van der Waals surface area (Å²) in [6.45, 7) is 17.6. The van der Waals surface area contributed by atoms with Crippen LogP contribution >= 0.6 is 21.6 Å². The number of aromatic nitrogens is 9. The predicted octanol–water partition coefficient (Wildman–Crippen LogP) is 0.671. The summed E-state index contributed by atoms with van der Waals surface area (Å²) in [5, 5.41) is 110. The normalized spacial score (nSPS) is 27.1. The summed E-state index contributed by atoms with van der Waals surface area (Å²) in [6, 6.07) is 8.35. The van der Waals surface area contributed by atoms with Gasteiger partial charge in [-0.1, -0.05) is 86.7 Å². The van der Waals surface area contributed by atoms with Crippen molar-refractivity contribution in [1.82, 2.24) is 60.1 Å². The topological polar surface area (TPSA) is 399 Å². The van der Waals surface area contributed by atoms with Crippen LogP contribution in [0.25, 0.3) is 10.8 Å². The second-order valence-electron chi connectivity index (χ2n) is 24.6. The monoisotopic (exact) mass is 1360 g/mol. The first-order chi connectivity index (χ1) is 45.7. The standard InChI is InChI=1S/C62H83N13O18S2/c1-6-62(5)13-12-37(22-45(62)35(2)3)36(4)23-72-24-38(64-67-72)25-73-57(85)43-9-7-8-42-46(11-10-44(50(42)43)58(73)86)70-14-16-71(17-15-70)61(87)91-19-21-95-94-20-18-88-34-49(78)63-41(32-89-30-39-26-74(68-65-39)59-55(83)53(81)51(79)47(28-76)92-59)33-90-31-40-27-75(69-66-40)60-56(84)54(82)52(80)48(29-77)93-60/h6-11,24,26-27,37,41,45,47-48,51-56,59-60,76-77,79-84H,1-2,4,12-23,25,28-34H2,3,5H3,(H,63,78)/t37-,45+,47-,48-,51+,52+,53+,54+,55-,56-,59-,60-,62-/m1/s1. The SMILES string of the molecule is C=C[C@]1(C)CC[C@@H](C(=C)Cn2cc(CN3C(=O)c4cccc5c(N6CCN(C(=O)OCCSSCCOCC(=O)NC(COCc7cn([C@@H]8O[C@H](CO)[C@H](O)[C@H](O)[C@H]8O)nn7)COCc7cn([C@@H]8O[C@H](CO)[C@H](O)[C@H](O)[C@H]8O)nn7)CC6)ccc(c45)C3=O)nn2)C[C@H]1C(=C)C. The summed E-state index contributed by atoms with van der Waals surface area (Å²) in [4.78, 5) is 59.6. The summed E-state index contributed by atoms with van der Waals surface area (Å²) in [5.74, 6) is 0.262. The Kier molecular flexibility index (Phi) is 23.9. The van der Waals surface area contributed by atoms with Crippen LogP contribution in [-0.2, 0) is 59.5 Å². The second kappa shape index (κ2) is 32.0. The quantitative estimate of drug-likeness (QED) is 0.0132. The molecule has 516 valence electrons. The van der Waals surface area contributed by atoms with Crippen LogP contribution < -0.4 is 10.2 Å². The van der Waals surface area contributed by atoms with Gasteiger partial charge >= 0.3 is 6.09 Å². The highest BCUT2D eigenvalue weighted by atomic mass is 33.1. The van der Waals surface area contributed by atoms with Crippen molar-refractivity contribution in [1.29, 1.82) is 0 Å². The van der Waals surface area contributed by atoms with Gasteiger partial charge in [-0.3, -0.25) is 19.3 Å². The number of carbonyl (C=O) groups excluding carboxylic acids is 4. The van der Waals surface area contributed by atoms with Gasteiger partial charge in [-0.25, -0.2) is 18.8 Å². The molecule has 1 saturated carbocycles. The van der Waals surface area contributed by atoms with Gasteiger partial charge in [0.1, 0.15) is 79.1 Å². The van der Waals surface area contributed by atoms with Gasteiger partial charge in [0.15, 0.2) is 12.5 Å². The first-order valence-corrected chi connectivity index (χ1v) is 33.8. The number of hydrogen-bond acceptors (Lipinski definition) is 27. The maximum Gasteiger partial charge on any atom is 0.409 e. The molecule has 95 heavy (non-hydrogen) atoms. The van der Waals surface area contributed by atoms with E-state index in [2.05, 4.69) is 80.8 Å². The summed E-state index contributed by atoms with van der Waals surface area (Å²) in [7, 11) is 2.95. The molecule has 3 saturated heterocycles. The van der Waals surface area contributed by atoms with Gasteiger partial charge in [0.05, 0.1) is 84.0 Å². The number of allylic oxidation sites excluding steroid dienone is 3. The lowest BCUT2D eigenvalue weighted by Crippen LogP contribution is -2.56. The fourth-order valence-corrected chi connectivity index (χ4v) is 14.3. The molecule has 33 heteroatoms. The lowest BCUT2D eigenvalue weighted by molar-refractivity contribution is -0.254. The molecule has 31 nitrogen and oxygen atoms in total. The zero-order valence-corrected chi connectivity index (χ0v) is 54.4. The number of nitrogens with one attached hydrogen (secondary N) is 1. The highest BCUT2D eigenvalue weighted by Gasteiger charge is 2.47. The van der Waals surface area contributed by atoms with Crippen molar-refractivity contribution in [2.75, 3.05) is 88.8 Å². The van der Waals surface area contributed by atoms with Crippen molar-refractivity contribution in [2.24, 2.45) is 17.3 Å². The Hall–Kier alpha value is -6.80. The van der Waals surface area contributed by atoms with Crippen LogP contribution in [0.2, 0.25) is 0 Å². The molecule has 5 aliphatic rings. The summed E-state index contributed by atoms with van der Waals surface area (Å²) in [5.41, 5.74) is 4.88. The maximum atomic E-state index is 14.1. The van der Waals surface area contributed by atoms with Gasteiger partial charge in [-0.05, 0) is 61.6 Å². The van der Waals surface area contributed by atoms with E-state index in [1.54, 1.807) is 27.9 Å². The summed E-state index contributed by atoms with van der Waals surface area (Å²) in [6.07, 6.45) is -5.44. The van der Waals surface area contributed by atoms with Crippen molar-refractivity contribution in [2.45, 2.75) is 127 Å². The molecule has 4 fully saturated rings. The lowest BCUT2D eigenvalue weighted by Gasteiger charge is -2.43. The molecule has 0 radical (unpaired) electrons. The molecule has 4 amide bonds. The number of amides is 4. The number of hydrogen-bond donors (Lipinski definition) is 9. The van der Waals surface area contributed by atoms with Crippen LogP contribution in [0.3, 0.4) is 0 Å². The third-order valence-electron chi connectivity index (χ3n) is 18.0. The fourth-order valence-electron chi connectivity index (χ4n) is 12.6. The number of imide groups is 1. The number of aliphatic hydroxyl groups is 8. The maximum absolute atomic E-state index is 14.1. The van der Waals surface area contributed by atoms with Crippen LogP contribution in [0.4, 0.5) is 10.5 Å². The molecule has 4 aliphatic heterocycles. The van der Waals surface area contributed by atoms with Crippen LogP contribution in [0.15, 0.2) is 85.9 Å². The van der Waals surface area contributed by atoms with Gasteiger partial charge in [-0.15, -0.1) is 21.9 Å². The van der Waals surface area contributed by atoms with E-state index in [0.717, 1.165) is 50.8 Å². The van der Waals surface area contributed by atoms with Crippen LogP contribution in [0.5, 0.6) is 0 Å². The Morgan fingerprint density at radius 2 is 1.35 bits per heavy atom. The predicted molar refractivity (Wildman–Crippen MR) is 341 cm³/mol. The molecule has 10 rings (SSSR count). The molecule has 7 heterocycles. The van der Waals surface area contributed by atoms with Gasteiger partial charge in [-0.2, -0.15) is 0 Å². The van der Waals surface area contributed by atoms with Gasteiger partial charge in [0.2, 0.25) is 5.91 Å². The number of ether oxygens (including phenoxy) is 6.